The van der Waals surface area contributed by atoms with Gasteiger partial charge in [-0.3, -0.25) is 0 Å². The minimum absolute atomic E-state index is 0.0381. The van der Waals surface area contributed by atoms with Crippen molar-refractivity contribution in [1.29, 1.82) is 0 Å². The van der Waals surface area contributed by atoms with E-state index in [1.807, 2.05) is 24.2 Å². The number of nitrogens with zero attached hydrogens (tertiary/aromatic N) is 5. The lowest BCUT2D eigenvalue weighted by Crippen LogP contribution is -2.31. The monoisotopic (exact) mass is 445 g/mol. The van der Waals surface area contributed by atoms with Crippen molar-refractivity contribution in [1.82, 2.24) is 24.7 Å². The summed E-state index contributed by atoms with van der Waals surface area (Å²) >= 11 is 0. The molecule has 11 heteroatoms. The zero-order valence-corrected chi connectivity index (χ0v) is 18.4. The highest BCUT2D eigenvalue weighted by atomic mass is 32.2. The number of aliphatic hydroxyl groups excluding tert-OH is 1. The van der Waals surface area contributed by atoms with Crippen LogP contribution in [0.15, 0.2) is 41.8 Å². The molecule has 1 aliphatic heterocycles. The standard InChI is InChI=1S/C20H27N7O3S/c1-14(28)9-25-31(29,30)16-3-4-18(22-10-16)26(2)11-15-6-8-27(12-15)20-17-5-7-21-19(17)23-13-24-20/h3-5,7,10,13-15,25,28H,6,8-9,11-12H2,1-2H3,(H,21,23,24)/t14-,15?/m0/s1. The van der Waals surface area contributed by atoms with Gasteiger partial charge in [-0.15, -0.1) is 0 Å². The first kappa shape index (κ1) is 21.5. The van der Waals surface area contributed by atoms with Crippen molar-refractivity contribution in [3.05, 3.63) is 36.9 Å². The number of hydrogen-bond acceptors (Lipinski definition) is 8. The fourth-order valence-corrected chi connectivity index (χ4v) is 4.90. The normalized spacial score (nSPS) is 17.9. The van der Waals surface area contributed by atoms with E-state index >= 15 is 0 Å². The Morgan fingerprint density at radius 2 is 2.16 bits per heavy atom. The van der Waals surface area contributed by atoms with Gasteiger partial charge in [0, 0.05) is 45.6 Å². The van der Waals surface area contributed by atoms with Crippen molar-refractivity contribution in [3.8, 4) is 0 Å². The highest BCUT2D eigenvalue weighted by Gasteiger charge is 2.26. The molecule has 0 aliphatic carbocycles. The summed E-state index contributed by atoms with van der Waals surface area (Å²) in [5.41, 5.74) is 0.841. The molecule has 3 aromatic rings. The van der Waals surface area contributed by atoms with Crippen molar-refractivity contribution < 1.29 is 13.5 Å². The summed E-state index contributed by atoms with van der Waals surface area (Å²) < 4.78 is 26.9. The largest absolute Gasteiger partial charge is 0.392 e. The Hall–Kier alpha value is -2.76. The average molecular weight is 446 g/mol. The van der Waals surface area contributed by atoms with Crippen molar-refractivity contribution in [2.75, 3.05) is 43.0 Å². The molecule has 4 heterocycles. The second-order valence-electron chi connectivity index (χ2n) is 7.97. The van der Waals surface area contributed by atoms with Crippen molar-refractivity contribution in [2.45, 2.75) is 24.3 Å². The fraction of sp³-hybridized carbons (Fsp3) is 0.450. The molecule has 2 atom stereocenters. The predicted molar refractivity (Wildman–Crippen MR) is 119 cm³/mol. The van der Waals surface area contributed by atoms with Crippen LogP contribution >= 0.6 is 0 Å². The highest BCUT2D eigenvalue weighted by molar-refractivity contribution is 7.89. The molecular formula is C20H27N7O3S. The predicted octanol–water partition coefficient (Wildman–Crippen LogP) is 0.975. The van der Waals surface area contributed by atoms with E-state index in [4.69, 9.17) is 0 Å². The molecule has 4 rings (SSSR count). The summed E-state index contributed by atoms with van der Waals surface area (Å²) in [6.45, 7) is 4.10. The van der Waals surface area contributed by atoms with Gasteiger partial charge in [0.05, 0.1) is 11.5 Å². The molecule has 0 saturated carbocycles. The van der Waals surface area contributed by atoms with Crippen LogP contribution in [0.1, 0.15) is 13.3 Å². The maximum absolute atomic E-state index is 12.2. The summed E-state index contributed by atoms with van der Waals surface area (Å²) in [6.07, 6.45) is 5.09. The SMILES string of the molecule is C[C@H](O)CNS(=O)(=O)c1ccc(N(C)CC2CCN(c3ncnc4[nH]ccc34)C2)nc1. The van der Waals surface area contributed by atoms with Crippen LogP contribution in [0.25, 0.3) is 11.0 Å². The van der Waals surface area contributed by atoms with E-state index in [0.717, 1.165) is 42.9 Å². The van der Waals surface area contributed by atoms with Crippen LogP contribution < -0.4 is 14.5 Å². The van der Waals surface area contributed by atoms with Gasteiger partial charge < -0.3 is 19.9 Å². The number of fused-ring (bicyclic) bond motifs is 1. The molecule has 1 aliphatic rings. The number of hydrogen-bond donors (Lipinski definition) is 3. The number of aromatic amines is 1. The number of sulfonamides is 1. The van der Waals surface area contributed by atoms with Crippen LogP contribution in [0.4, 0.5) is 11.6 Å². The fourth-order valence-electron chi connectivity index (χ4n) is 3.84. The molecule has 0 bridgehead atoms. The van der Waals surface area contributed by atoms with Gasteiger partial charge in [-0.1, -0.05) is 0 Å². The maximum Gasteiger partial charge on any atom is 0.242 e. The van der Waals surface area contributed by atoms with E-state index in [1.165, 1.54) is 19.2 Å². The lowest BCUT2D eigenvalue weighted by molar-refractivity contribution is 0.198. The molecule has 3 aromatic heterocycles. The Labute approximate surface area is 181 Å². The maximum atomic E-state index is 12.2. The first-order valence-electron chi connectivity index (χ1n) is 10.2. The van der Waals surface area contributed by atoms with Gasteiger partial charge in [-0.2, -0.15) is 0 Å². The molecule has 3 N–H and O–H groups in total. The van der Waals surface area contributed by atoms with E-state index in [9.17, 15) is 13.5 Å². The van der Waals surface area contributed by atoms with E-state index < -0.39 is 16.1 Å². The first-order chi connectivity index (χ1) is 14.8. The Morgan fingerprint density at radius 1 is 1.32 bits per heavy atom. The zero-order chi connectivity index (χ0) is 22.0. The summed E-state index contributed by atoms with van der Waals surface area (Å²) in [7, 11) is -1.73. The van der Waals surface area contributed by atoms with Crippen LogP contribution in [-0.4, -0.2) is 72.8 Å². The van der Waals surface area contributed by atoms with Gasteiger partial charge in [0.25, 0.3) is 0 Å². The van der Waals surface area contributed by atoms with E-state index in [0.29, 0.717) is 11.7 Å². The number of nitrogens with one attached hydrogen (secondary N) is 2. The number of pyridine rings is 1. The minimum atomic E-state index is -3.68. The summed E-state index contributed by atoms with van der Waals surface area (Å²) in [6, 6.07) is 5.24. The third-order valence-electron chi connectivity index (χ3n) is 5.44. The van der Waals surface area contributed by atoms with Crippen LogP contribution in [0.3, 0.4) is 0 Å². The number of anilines is 2. The molecule has 166 valence electrons. The molecule has 1 fully saturated rings. The smallest absolute Gasteiger partial charge is 0.242 e. The quantitative estimate of drug-likeness (QED) is 0.468. The zero-order valence-electron chi connectivity index (χ0n) is 17.6. The second kappa shape index (κ2) is 8.77. The van der Waals surface area contributed by atoms with Crippen molar-refractivity contribution >= 4 is 32.7 Å². The Kier molecular flexibility index (Phi) is 6.08. The number of rotatable bonds is 8. The van der Waals surface area contributed by atoms with Gasteiger partial charge >= 0.3 is 0 Å². The molecular weight excluding hydrogens is 418 g/mol. The van der Waals surface area contributed by atoms with Crippen LogP contribution in [-0.2, 0) is 10.0 Å². The topological polar surface area (TPSA) is 127 Å². The van der Waals surface area contributed by atoms with E-state index in [2.05, 4.69) is 29.6 Å². The van der Waals surface area contributed by atoms with Crippen LogP contribution in [0, 0.1) is 5.92 Å². The van der Waals surface area contributed by atoms with E-state index in [-0.39, 0.29) is 11.4 Å². The lowest BCUT2D eigenvalue weighted by atomic mass is 10.1. The summed E-state index contributed by atoms with van der Waals surface area (Å²) in [4.78, 5) is 20.6. The second-order valence-corrected chi connectivity index (χ2v) is 9.74. The molecule has 1 saturated heterocycles. The number of aliphatic hydroxyl groups is 1. The Bertz CT molecular complexity index is 1130. The minimum Gasteiger partial charge on any atom is -0.392 e. The van der Waals surface area contributed by atoms with Crippen molar-refractivity contribution in [2.24, 2.45) is 5.92 Å². The van der Waals surface area contributed by atoms with Gasteiger partial charge in [-0.05, 0) is 37.5 Å². The van der Waals surface area contributed by atoms with Crippen molar-refractivity contribution in [3.63, 3.8) is 0 Å². The Morgan fingerprint density at radius 3 is 2.90 bits per heavy atom. The third-order valence-corrected chi connectivity index (χ3v) is 6.85. The molecule has 31 heavy (non-hydrogen) atoms. The molecule has 0 radical (unpaired) electrons. The first-order valence-corrected chi connectivity index (χ1v) is 11.7. The van der Waals surface area contributed by atoms with Crippen LogP contribution in [0.5, 0.6) is 0 Å². The van der Waals surface area contributed by atoms with Gasteiger partial charge in [0.2, 0.25) is 10.0 Å². The highest BCUT2D eigenvalue weighted by Crippen LogP contribution is 2.28. The number of H-pyrrole nitrogens is 1. The van der Waals surface area contributed by atoms with E-state index in [1.54, 1.807) is 12.4 Å². The average Bonchev–Trinajstić information content (AvgIpc) is 3.41. The molecule has 0 spiro atoms. The van der Waals surface area contributed by atoms with Crippen LogP contribution in [0.2, 0.25) is 0 Å². The molecule has 0 amide bonds. The summed E-state index contributed by atoms with van der Waals surface area (Å²) in [5, 5.41) is 10.3. The molecule has 0 aromatic carbocycles. The number of aromatic nitrogens is 4. The molecule has 10 nitrogen and oxygen atoms in total. The summed E-state index contributed by atoms with van der Waals surface area (Å²) in [5.74, 6) is 2.10. The van der Waals surface area contributed by atoms with Gasteiger partial charge in [-0.25, -0.2) is 28.1 Å². The molecule has 1 unspecified atom stereocenters. The lowest BCUT2D eigenvalue weighted by Gasteiger charge is -2.23. The van der Waals surface area contributed by atoms with Gasteiger partial charge in [0.15, 0.2) is 0 Å². The Balaban J connectivity index is 1.38. The third kappa shape index (κ3) is 4.78. The van der Waals surface area contributed by atoms with Gasteiger partial charge in [0.1, 0.15) is 28.5 Å².